The molecule has 0 spiro atoms. The second kappa shape index (κ2) is 11.6. The number of rotatable bonds is 11. The summed E-state index contributed by atoms with van der Waals surface area (Å²) in [7, 11) is -0.691. The molecule has 0 heterocycles. The fourth-order valence-corrected chi connectivity index (χ4v) is 3.33. The number of carbonyl (C=O) groups excluding carboxylic acids is 2. The number of benzene rings is 2. The zero-order valence-corrected chi connectivity index (χ0v) is 18.8. The third-order valence-electron chi connectivity index (χ3n) is 4.72. The van der Waals surface area contributed by atoms with E-state index in [2.05, 4.69) is 5.32 Å². The minimum absolute atomic E-state index is 0.147. The molecule has 9 heteroatoms. The molecule has 0 radical (unpaired) electrons. The predicted molar refractivity (Wildman–Crippen MR) is 119 cm³/mol. The highest BCUT2D eigenvalue weighted by Gasteiger charge is 2.32. The molecular weight excluding hydrogens is 418 g/mol. The van der Waals surface area contributed by atoms with Gasteiger partial charge in [-0.05, 0) is 11.1 Å². The molecule has 1 atom stereocenters. The van der Waals surface area contributed by atoms with Crippen LogP contribution >= 0.6 is 0 Å². The van der Waals surface area contributed by atoms with Gasteiger partial charge in [0.05, 0.1) is 19.4 Å². The third kappa shape index (κ3) is 7.46. The first-order valence-electron chi connectivity index (χ1n) is 9.80. The number of carbonyl (C=O) groups is 2. The molecule has 2 aromatic carbocycles. The maximum absolute atomic E-state index is 13.3. The molecule has 0 aliphatic rings. The van der Waals surface area contributed by atoms with Crippen molar-refractivity contribution in [2.24, 2.45) is 0 Å². The summed E-state index contributed by atoms with van der Waals surface area (Å²) in [5.41, 5.74) is 1.45. The Hall–Kier alpha value is -2.75. The van der Waals surface area contributed by atoms with E-state index in [0.717, 1.165) is 16.1 Å². The Labute approximate surface area is 183 Å². The smallest absolute Gasteiger partial charge is 0.247 e. The van der Waals surface area contributed by atoms with E-state index in [9.17, 15) is 18.0 Å². The Morgan fingerprint density at radius 3 is 2.16 bits per heavy atom. The molecule has 2 amide bonds. The van der Waals surface area contributed by atoms with Crippen LogP contribution in [0.5, 0.6) is 0 Å². The minimum atomic E-state index is -3.56. The van der Waals surface area contributed by atoms with Crippen LogP contribution in [0.2, 0.25) is 0 Å². The van der Waals surface area contributed by atoms with Crippen LogP contribution in [0.3, 0.4) is 0 Å². The Bertz CT molecular complexity index is 952. The second-order valence-corrected chi connectivity index (χ2v) is 9.21. The lowest BCUT2D eigenvalue weighted by atomic mass is 10.0. The van der Waals surface area contributed by atoms with E-state index >= 15 is 0 Å². The minimum Gasteiger partial charge on any atom is -0.383 e. The van der Waals surface area contributed by atoms with Gasteiger partial charge in [0.2, 0.25) is 21.8 Å². The van der Waals surface area contributed by atoms with E-state index in [0.29, 0.717) is 12.2 Å². The van der Waals surface area contributed by atoms with Gasteiger partial charge >= 0.3 is 0 Å². The molecule has 0 aliphatic carbocycles. The lowest BCUT2D eigenvalue weighted by Crippen LogP contribution is -2.47. The summed E-state index contributed by atoms with van der Waals surface area (Å²) in [5, 5.41) is 2.80. The normalized spacial score (nSPS) is 12.4. The van der Waals surface area contributed by atoms with E-state index in [1.54, 1.807) is 24.3 Å². The van der Waals surface area contributed by atoms with Crippen molar-refractivity contribution in [2.45, 2.75) is 12.6 Å². The molecule has 1 N–H and O–H groups in total. The monoisotopic (exact) mass is 447 g/mol. The van der Waals surface area contributed by atoms with E-state index in [1.807, 2.05) is 36.4 Å². The molecule has 0 saturated carbocycles. The lowest BCUT2D eigenvalue weighted by molar-refractivity contribution is -0.141. The van der Waals surface area contributed by atoms with Gasteiger partial charge in [-0.3, -0.25) is 9.59 Å². The molecule has 1 unspecified atom stereocenters. The number of hydrogen-bond donors (Lipinski definition) is 1. The van der Waals surface area contributed by atoms with E-state index < -0.39 is 22.0 Å². The lowest BCUT2D eigenvalue weighted by Gasteiger charge is -2.32. The molecule has 168 valence electrons. The van der Waals surface area contributed by atoms with E-state index in [1.165, 1.54) is 19.1 Å². The van der Waals surface area contributed by atoms with Crippen LogP contribution in [0.1, 0.15) is 17.2 Å². The summed E-state index contributed by atoms with van der Waals surface area (Å²) >= 11 is 0. The molecule has 2 rings (SSSR count). The van der Waals surface area contributed by atoms with Gasteiger partial charge < -0.3 is 15.0 Å². The molecule has 0 bridgehead atoms. The summed E-state index contributed by atoms with van der Waals surface area (Å²) < 4.78 is 29.7. The van der Waals surface area contributed by atoms with Crippen LogP contribution in [-0.2, 0) is 30.9 Å². The summed E-state index contributed by atoms with van der Waals surface area (Å²) in [6, 6.07) is 17.3. The van der Waals surface area contributed by atoms with Crippen LogP contribution in [0, 0.1) is 0 Å². The number of methoxy groups -OCH3 is 1. The molecule has 31 heavy (non-hydrogen) atoms. The standard InChI is InChI=1S/C22H29N3O5S/c1-24(31(3,28)29)17-20(26)25(16-18-10-6-4-7-11-18)21(19-12-8-5-9-13-19)22(27)23-14-15-30-2/h4-13,21H,14-17H2,1-3H3,(H,23,27). The van der Waals surface area contributed by atoms with Crippen LogP contribution in [0.4, 0.5) is 0 Å². The van der Waals surface area contributed by atoms with Crippen molar-refractivity contribution in [1.29, 1.82) is 0 Å². The number of sulfonamides is 1. The highest BCUT2D eigenvalue weighted by atomic mass is 32.2. The topological polar surface area (TPSA) is 96.0 Å². The average molecular weight is 448 g/mol. The predicted octanol–water partition coefficient (Wildman–Crippen LogP) is 1.41. The Kier molecular flexibility index (Phi) is 9.17. The van der Waals surface area contributed by atoms with Gasteiger partial charge in [0, 0.05) is 27.2 Å². The largest absolute Gasteiger partial charge is 0.383 e. The average Bonchev–Trinajstić information content (AvgIpc) is 2.74. The van der Waals surface area contributed by atoms with Crippen LogP contribution in [0.15, 0.2) is 60.7 Å². The fraction of sp³-hybridized carbons (Fsp3) is 0.364. The molecule has 0 aliphatic heterocycles. The first-order valence-corrected chi connectivity index (χ1v) is 11.6. The van der Waals surface area contributed by atoms with E-state index in [4.69, 9.17) is 4.74 Å². The summed E-state index contributed by atoms with van der Waals surface area (Å²) in [6.45, 7) is 0.390. The first kappa shape index (κ1) is 24.5. The quantitative estimate of drug-likeness (QED) is 0.526. The summed E-state index contributed by atoms with van der Waals surface area (Å²) in [5.74, 6) is -0.845. The van der Waals surface area contributed by atoms with Crippen molar-refractivity contribution < 1.29 is 22.7 Å². The number of nitrogens with one attached hydrogen (secondary N) is 1. The Morgan fingerprint density at radius 1 is 1.03 bits per heavy atom. The van der Waals surface area contributed by atoms with Crippen LogP contribution < -0.4 is 5.32 Å². The third-order valence-corrected chi connectivity index (χ3v) is 5.98. The van der Waals surface area contributed by atoms with Gasteiger partial charge in [0.25, 0.3) is 0 Å². The highest BCUT2D eigenvalue weighted by molar-refractivity contribution is 7.88. The number of ether oxygens (including phenoxy) is 1. The van der Waals surface area contributed by atoms with Gasteiger partial charge in [0.15, 0.2) is 0 Å². The molecule has 0 fully saturated rings. The number of amides is 2. The van der Waals surface area contributed by atoms with Crippen molar-refractivity contribution in [3.05, 3.63) is 71.8 Å². The Morgan fingerprint density at radius 2 is 1.61 bits per heavy atom. The first-order chi connectivity index (χ1) is 14.7. The maximum atomic E-state index is 13.3. The second-order valence-electron chi connectivity index (χ2n) is 7.12. The van der Waals surface area contributed by atoms with Gasteiger partial charge in [0.1, 0.15) is 6.04 Å². The SMILES string of the molecule is COCCNC(=O)C(c1ccccc1)N(Cc1ccccc1)C(=O)CN(C)S(C)(=O)=O. The van der Waals surface area contributed by atoms with Gasteiger partial charge in [-0.15, -0.1) is 0 Å². The van der Waals surface area contributed by atoms with Gasteiger partial charge in [-0.25, -0.2) is 8.42 Å². The molecule has 8 nitrogen and oxygen atoms in total. The van der Waals surface area contributed by atoms with Gasteiger partial charge in [-0.2, -0.15) is 4.31 Å². The number of nitrogens with zero attached hydrogens (tertiary/aromatic N) is 2. The number of likely N-dealkylation sites (N-methyl/N-ethyl adjacent to an activating group) is 1. The van der Waals surface area contributed by atoms with Crippen molar-refractivity contribution in [1.82, 2.24) is 14.5 Å². The molecular formula is C22H29N3O5S. The molecule has 0 aromatic heterocycles. The van der Waals surface area contributed by atoms with Gasteiger partial charge in [-0.1, -0.05) is 60.7 Å². The number of hydrogen-bond acceptors (Lipinski definition) is 5. The maximum Gasteiger partial charge on any atom is 0.247 e. The Balaban J connectivity index is 2.43. The zero-order chi connectivity index (χ0) is 22.9. The summed E-state index contributed by atoms with van der Waals surface area (Å²) in [6.07, 6.45) is 1.04. The highest BCUT2D eigenvalue weighted by Crippen LogP contribution is 2.24. The summed E-state index contributed by atoms with van der Waals surface area (Å²) in [4.78, 5) is 27.8. The van der Waals surface area contributed by atoms with Crippen molar-refractivity contribution in [3.63, 3.8) is 0 Å². The molecule has 2 aromatic rings. The van der Waals surface area contributed by atoms with Crippen LogP contribution in [-0.4, -0.2) is 69.5 Å². The molecule has 0 saturated heterocycles. The van der Waals surface area contributed by atoms with E-state index in [-0.39, 0.29) is 25.5 Å². The van der Waals surface area contributed by atoms with Crippen molar-refractivity contribution in [3.8, 4) is 0 Å². The fourth-order valence-electron chi connectivity index (χ4n) is 2.98. The zero-order valence-electron chi connectivity index (χ0n) is 18.0. The van der Waals surface area contributed by atoms with Crippen molar-refractivity contribution in [2.75, 3.05) is 40.1 Å². The van der Waals surface area contributed by atoms with Crippen molar-refractivity contribution >= 4 is 21.8 Å². The van der Waals surface area contributed by atoms with Crippen LogP contribution in [0.25, 0.3) is 0 Å².